The van der Waals surface area contributed by atoms with Crippen molar-refractivity contribution >= 4 is 19.9 Å². The van der Waals surface area contributed by atoms with Crippen molar-refractivity contribution in [1.29, 1.82) is 0 Å². The highest BCUT2D eigenvalue weighted by molar-refractivity contribution is 6.70. The molecule has 0 unspecified atom stereocenters. The summed E-state index contributed by atoms with van der Waals surface area (Å²) in [4.78, 5) is 11.2. The van der Waals surface area contributed by atoms with Gasteiger partial charge in [-0.15, -0.1) is 0 Å². The van der Waals surface area contributed by atoms with E-state index < -0.39 is 8.32 Å². The molecular weight excluding hydrogens is 216 g/mol. The van der Waals surface area contributed by atoms with Crippen LogP contribution < -0.4 is 0 Å². The number of hydrogen-bond donors (Lipinski definition) is 0. The maximum atomic E-state index is 11.2. The van der Waals surface area contributed by atoms with Crippen molar-refractivity contribution in [2.75, 3.05) is 0 Å². The fraction of sp³-hybridized carbons (Fsp3) is 0.308. The lowest BCUT2D eigenvalue weighted by molar-refractivity contribution is -0.112. The molecule has 3 heteroatoms. The van der Waals surface area contributed by atoms with Crippen LogP contribution in [0.4, 0.5) is 0 Å². The molecule has 0 amide bonds. The van der Waals surface area contributed by atoms with Crippen LogP contribution in [-0.2, 0) is 9.22 Å². The standard InChI is InChI=1S/C13H18O2Si/c1-11(14)10-13(15-16(2,3)4)12-8-6-5-7-9-12/h5-10H,1-4H3. The molecule has 0 aromatic heterocycles. The van der Waals surface area contributed by atoms with Crippen LogP contribution in [0.25, 0.3) is 5.76 Å². The van der Waals surface area contributed by atoms with Crippen LogP contribution in [0.3, 0.4) is 0 Å². The second-order valence-corrected chi connectivity index (χ2v) is 9.13. The molecule has 2 nitrogen and oxygen atoms in total. The lowest BCUT2D eigenvalue weighted by Gasteiger charge is -2.21. The molecule has 1 rings (SSSR count). The van der Waals surface area contributed by atoms with Crippen molar-refractivity contribution in [3.05, 3.63) is 42.0 Å². The predicted molar refractivity (Wildman–Crippen MR) is 69.5 cm³/mol. The van der Waals surface area contributed by atoms with E-state index in [9.17, 15) is 4.79 Å². The molecule has 0 bridgehead atoms. The number of allylic oxidation sites excluding steroid dienone is 1. The van der Waals surface area contributed by atoms with Gasteiger partial charge in [-0.1, -0.05) is 30.3 Å². The average Bonchev–Trinajstić information content (AvgIpc) is 2.15. The molecule has 0 heterocycles. The van der Waals surface area contributed by atoms with Crippen LogP contribution >= 0.6 is 0 Å². The second kappa shape index (κ2) is 5.12. The van der Waals surface area contributed by atoms with E-state index in [2.05, 4.69) is 19.6 Å². The second-order valence-electron chi connectivity index (χ2n) is 4.70. The summed E-state index contributed by atoms with van der Waals surface area (Å²) in [5.74, 6) is 0.698. The van der Waals surface area contributed by atoms with Crippen LogP contribution in [0, 0.1) is 0 Å². The Morgan fingerprint density at radius 1 is 1.19 bits per heavy atom. The molecule has 1 aromatic carbocycles. The van der Waals surface area contributed by atoms with E-state index in [1.165, 1.54) is 6.92 Å². The maximum Gasteiger partial charge on any atom is 0.242 e. The van der Waals surface area contributed by atoms with Gasteiger partial charge in [0.05, 0.1) is 0 Å². The Labute approximate surface area is 98.1 Å². The van der Waals surface area contributed by atoms with Crippen LogP contribution in [0.5, 0.6) is 0 Å². The first-order valence-electron chi connectivity index (χ1n) is 5.35. The first kappa shape index (κ1) is 12.7. The smallest absolute Gasteiger partial charge is 0.242 e. The van der Waals surface area contributed by atoms with Crippen molar-refractivity contribution < 1.29 is 9.22 Å². The SMILES string of the molecule is CC(=O)C=C(O[Si](C)(C)C)c1ccccc1. The third-order valence-corrected chi connectivity index (χ3v) is 2.64. The Morgan fingerprint density at radius 3 is 2.19 bits per heavy atom. The van der Waals surface area contributed by atoms with Gasteiger partial charge in [-0.25, -0.2) is 0 Å². The molecule has 0 saturated carbocycles. The van der Waals surface area contributed by atoms with E-state index in [1.807, 2.05) is 30.3 Å². The number of carbonyl (C=O) groups is 1. The lowest BCUT2D eigenvalue weighted by Crippen LogP contribution is -2.24. The molecule has 0 N–H and O–H groups in total. The van der Waals surface area contributed by atoms with Crippen molar-refractivity contribution in [1.82, 2.24) is 0 Å². The molecule has 1 aromatic rings. The van der Waals surface area contributed by atoms with Crippen molar-refractivity contribution in [2.45, 2.75) is 26.6 Å². The fourth-order valence-electron chi connectivity index (χ4n) is 1.29. The predicted octanol–water partition coefficient (Wildman–Crippen LogP) is 3.47. The normalized spacial score (nSPS) is 12.4. The summed E-state index contributed by atoms with van der Waals surface area (Å²) in [6.45, 7) is 7.84. The summed E-state index contributed by atoms with van der Waals surface area (Å²) < 4.78 is 5.91. The Balaban J connectivity index is 3.03. The molecule has 0 saturated heterocycles. The topological polar surface area (TPSA) is 26.3 Å². The van der Waals surface area contributed by atoms with Gasteiger partial charge in [0.15, 0.2) is 5.78 Å². The van der Waals surface area contributed by atoms with Gasteiger partial charge in [-0.3, -0.25) is 4.79 Å². The molecule has 0 aliphatic carbocycles. The van der Waals surface area contributed by atoms with Gasteiger partial charge in [0.1, 0.15) is 5.76 Å². The van der Waals surface area contributed by atoms with Gasteiger partial charge >= 0.3 is 0 Å². The number of hydrogen-bond acceptors (Lipinski definition) is 2. The zero-order valence-electron chi connectivity index (χ0n) is 10.3. The van der Waals surface area contributed by atoms with E-state index in [1.54, 1.807) is 6.08 Å². The largest absolute Gasteiger partial charge is 0.544 e. The highest BCUT2D eigenvalue weighted by Crippen LogP contribution is 2.20. The molecule has 0 radical (unpaired) electrons. The number of benzene rings is 1. The van der Waals surface area contributed by atoms with Gasteiger partial charge in [0.2, 0.25) is 8.32 Å². The fourth-order valence-corrected chi connectivity index (χ4v) is 2.13. The summed E-state index contributed by atoms with van der Waals surface area (Å²) in [7, 11) is -1.69. The zero-order valence-corrected chi connectivity index (χ0v) is 11.3. The highest BCUT2D eigenvalue weighted by atomic mass is 28.4. The summed E-state index contributed by atoms with van der Waals surface area (Å²) in [6, 6.07) is 9.74. The molecular formula is C13H18O2Si. The van der Waals surface area contributed by atoms with Crippen LogP contribution in [0.15, 0.2) is 36.4 Å². The van der Waals surface area contributed by atoms with E-state index in [0.29, 0.717) is 5.76 Å². The van der Waals surface area contributed by atoms with Crippen molar-refractivity contribution in [2.24, 2.45) is 0 Å². The summed E-state index contributed by atoms with van der Waals surface area (Å²) in [6.07, 6.45) is 1.56. The Morgan fingerprint density at radius 2 is 1.75 bits per heavy atom. The Kier molecular flexibility index (Phi) is 4.07. The summed E-state index contributed by atoms with van der Waals surface area (Å²) in [5.41, 5.74) is 0.958. The monoisotopic (exact) mass is 234 g/mol. The first-order chi connectivity index (χ1) is 7.38. The van der Waals surface area contributed by atoms with E-state index >= 15 is 0 Å². The third kappa shape index (κ3) is 4.44. The van der Waals surface area contributed by atoms with Gasteiger partial charge in [0.25, 0.3) is 0 Å². The number of ketones is 1. The number of carbonyl (C=O) groups excluding carboxylic acids is 1. The third-order valence-electron chi connectivity index (χ3n) is 1.81. The van der Waals surface area contributed by atoms with Crippen LogP contribution in [0.2, 0.25) is 19.6 Å². The molecule has 0 atom stereocenters. The van der Waals surface area contributed by atoms with Gasteiger partial charge in [0, 0.05) is 11.6 Å². The molecule has 0 aliphatic heterocycles. The minimum Gasteiger partial charge on any atom is -0.544 e. The Hall–Kier alpha value is -1.35. The minimum absolute atomic E-state index is 0.0112. The quantitative estimate of drug-likeness (QED) is 0.453. The molecule has 16 heavy (non-hydrogen) atoms. The van der Waals surface area contributed by atoms with Crippen LogP contribution in [-0.4, -0.2) is 14.1 Å². The van der Waals surface area contributed by atoms with Gasteiger partial charge < -0.3 is 4.43 Å². The van der Waals surface area contributed by atoms with Crippen molar-refractivity contribution in [3.8, 4) is 0 Å². The van der Waals surface area contributed by atoms with Crippen molar-refractivity contribution in [3.63, 3.8) is 0 Å². The van der Waals surface area contributed by atoms with E-state index in [-0.39, 0.29) is 5.78 Å². The Bertz CT molecular complexity index is 388. The summed E-state index contributed by atoms with van der Waals surface area (Å²) >= 11 is 0. The van der Waals surface area contributed by atoms with E-state index in [0.717, 1.165) is 5.56 Å². The molecule has 86 valence electrons. The molecule has 0 spiro atoms. The maximum absolute atomic E-state index is 11.2. The van der Waals surface area contributed by atoms with Crippen LogP contribution in [0.1, 0.15) is 12.5 Å². The lowest BCUT2D eigenvalue weighted by atomic mass is 10.1. The van der Waals surface area contributed by atoms with E-state index in [4.69, 9.17) is 4.43 Å². The van der Waals surface area contributed by atoms with Gasteiger partial charge in [-0.2, -0.15) is 0 Å². The summed E-state index contributed by atoms with van der Waals surface area (Å²) in [5, 5.41) is 0. The highest BCUT2D eigenvalue weighted by Gasteiger charge is 2.18. The minimum atomic E-state index is -1.69. The zero-order chi connectivity index (χ0) is 12.2. The van der Waals surface area contributed by atoms with Gasteiger partial charge in [-0.05, 0) is 26.6 Å². The first-order valence-corrected chi connectivity index (χ1v) is 8.76. The average molecular weight is 234 g/mol. The molecule has 0 aliphatic rings. The molecule has 0 fully saturated rings. The number of rotatable bonds is 4.